The van der Waals surface area contributed by atoms with Crippen LogP contribution < -0.4 is 15.8 Å². The zero-order chi connectivity index (χ0) is 14.4. The molecule has 5 heteroatoms. The summed E-state index contributed by atoms with van der Waals surface area (Å²) in [4.78, 5) is 22.7. The van der Waals surface area contributed by atoms with Crippen molar-refractivity contribution in [3.8, 4) is 5.75 Å². The van der Waals surface area contributed by atoms with Crippen LogP contribution in [0.25, 0.3) is 0 Å². The summed E-state index contributed by atoms with van der Waals surface area (Å²) in [6, 6.07) is 15.5. The maximum atomic E-state index is 11.7. The first kappa shape index (κ1) is 13.6. The number of para-hydroxylation sites is 1. The fraction of sp³-hybridized carbons (Fsp3) is 0.0667. The first-order valence-electron chi connectivity index (χ1n) is 6.03. The number of benzene rings is 2. The van der Waals surface area contributed by atoms with Crippen molar-refractivity contribution in [1.82, 2.24) is 0 Å². The Morgan fingerprint density at radius 2 is 1.80 bits per heavy atom. The zero-order valence-electron chi connectivity index (χ0n) is 10.7. The third-order valence-corrected chi connectivity index (χ3v) is 2.55. The second-order valence-electron chi connectivity index (χ2n) is 4.09. The number of ether oxygens (including phenoxy) is 1. The van der Waals surface area contributed by atoms with Gasteiger partial charge in [-0.05, 0) is 30.3 Å². The summed E-state index contributed by atoms with van der Waals surface area (Å²) in [5.74, 6) is -0.394. The molecule has 0 aliphatic rings. The molecular formula is C15H14N2O3. The molecule has 0 fully saturated rings. The van der Waals surface area contributed by atoms with Gasteiger partial charge < -0.3 is 15.8 Å². The van der Waals surface area contributed by atoms with Crippen LogP contribution in [0, 0.1) is 0 Å². The summed E-state index contributed by atoms with van der Waals surface area (Å²) in [5.41, 5.74) is 6.21. The number of nitrogens with two attached hydrogens (primary N) is 1. The fourth-order valence-electron chi connectivity index (χ4n) is 1.61. The molecule has 0 aromatic heterocycles. The number of nitrogens with one attached hydrogen (secondary N) is 1. The van der Waals surface area contributed by atoms with Crippen LogP contribution in [-0.2, 0) is 4.79 Å². The Morgan fingerprint density at radius 1 is 1.05 bits per heavy atom. The summed E-state index contributed by atoms with van der Waals surface area (Å²) in [7, 11) is 0. The molecule has 0 radical (unpaired) electrons. The number of hydrogen-bond acceptors (Lipinski definition) is 3. The van der Waals surface area contributed by atoms with Crippen molar-refractivity contribution in [2.24, 2.45) is 5.73 Å². The van der Waals surface area contributed by atoms with Gasteiger partial charge in [0.25, 0.3) is 5.91 Å². The number of rotatable bonds is 5. The molecule has 5 nitrogen and oxygen atoms in total. The minimum absolute atomic E-state index is 0.142. The first-order chi connectivity index (χ1) is 9.65. The molecule has 0 saturated heterocycles. The van der Waals surface area contributed by atoms with E-state index in [9.17, 15) is 9.59 Å². The van der Waals surface area contributed by atoms with Crippen molar-refractivity contribution in [2.75, 3.05) is 11.9 Å². The highest BCUT2D eigenvalue weighted by molar-refractivity contribution is 5.93. The van der Waals surface area contributed by atoms with Crippen molar-refractivity contribution in [1.29, 1.82) is 0 Å². The highest BCUT2D eigenvalue weighted by atomic mass is 16.5. The van der Waals surface area contributed by atoms with E-state index in [4.69, 9.17) is 10.5 Å². The normalized spacial score (nSPS) is 9.80. The van der Waals surface area contributed by atoms with E-state index in [0.29, 0.717) is 17.0 Å². The van der Waals surface area contributed by atoms with E-state index in [0.717, 1.165) is 0 Å². The van der Waals surface area contributed by atoms with E-state index in [1.807, 2.05) is 18.2 Å². The fourth-order valence-corrected chi connectivity index (χ4v) is 1.61. The van der Waals surface area contributed by atoms with Gasteiger partial charge in [0.05, 0.1) is 0 Å². The molecule has 0 heterocycles. The van der Waals surface area contributed by atoms with E-state index < -0.39 is 5.91 Å². The molecule has 2 rings (SSSR count). The van der Waals surface area contributed by atoms with E-state index in [1.54, 1.807) is 30.3 Å². The van der Waals surface area contributed by atoms with Gasteiger partial charge in [-0.1, -0.05) is 24.3 Å². The van der Waals surface area contributed by atoms with Crippen LogP contribution >= 0.6 is 0 Å². The number of hydrogen-bond donors (Lipinski definition) is 2. The lowest BCUT2D eigenvalue weighted by atomic mass is 10.2. The van der Waals surface area contributed by atoms with Crippen LogP contribution in [0.2, 0.25) is 0 Å². The highest BCUT2D eigenvalue weighted by Crippen LogP contribution is 2.13. The number of carbonyl (C=O) groups excluding carboxylic acids is 2. The predicted molar refractivity (Wildman–Crippen MR) is 75.5 cm³/mol. The maximum absolute atomic E-state index is 11.7. The van der Waals surface area contributed by atoms with Crippen molar-refractivity contribution in [2.45, 2.75) is 0 Å². The number of amides is 2. The number of primary amides is 1. The molecule has 2 aromatic carbocycles. The lowest BCUT2D eigenvalue weighted by Gasteiger charge is -2.08. The maximum Gasteiger partial charge on any atom is 0.262 e. The molecule has 2 amide bonds. The van der Waals surface area contributed by atoms with Gasteiger partial charge in [-0.25, -0.2) is 0 Å². The summed E-state index contributed by atoms with van der Waals surface area (Å²) in [5, 5.41) is 2.69. The topological polar surface area (TPSA) is 81.4 Å². The molecule has 0 unspecified atom stereocenters. The molecular weight excluding hydrogens is 256 g/mol. The van der Waals surface area contributed by atoms with Crippen LogP contribution in [0.15, 0.2) is 54.6 Å². The number of carbonyl (C=O) groups is 2. The van der Waals surface area contributed by atoms with Crippen LogP contribution in [0.3, 0.4) is 0 Å². The summed E-state index contributed by atoms with van der Waals surface area (Å²) < 4.78 is 5.31. The monoisotopic (exact) mass is 270 g/mol. The standard InChI is InChI=1S/C15H14N2O3/c16-15(19)11-5-4-8-13(9-11)20-10-14(18)17-12-6-2-1-3-7-12/h1-9H,10H2,(H2,16,19)(H,17,18). The van der Waals surface area contributed by atoms with Crippen molar-refractivity contribution in [3.05, 3.63) is 60.2 Å². The molecule has 0 spiro atoms. The Hall–Kier alpha value is -2.82. The van der Waals surface area contributed by atoms with Crippen molar-refractivity contribution < 1.29 is 14.3 Å². The van der Waals surface area contributed by atoms with Crippen molar-refractivity contribution in [3.63, 3.8) is 0 Å². The predicted octanol–water partition coefficient (Wildman–Crippen LogP) is 1.80. The van der Waals surface area contributed by atoms with Gasteiger partial charge in [0.2, 0.25) is 5.91 Å². The molecule has 3 N–H and O–H groups in total. The second kappa shape index (κ2) is 6.38. The van der Waals surface area contributed by atoms with E-state index in [2.05, 4.69) is 5.32 Å². The third-order valence-electron chi connectivity index (χ3n) is 2.55. The van der Waals surface area contributed by atoms with Gasteiger partial charge in [0.15, 0.2) is 6.61 Å². The Labute approximate surface area is 116 Å². The Bertz CT molecular complexity index is 612. The summed E-state index contributed by atoms with van der Waals surface area (Å²) >= 11 is 0. The molecule has 0 aliphatic carbocycles. The Kier molecular flexibility index (Phi) is 4.34. The molecule has 102 valence electrons. The number of anilines is 1. The smallest absolute Gasteiger partial charge is 0.262 e. The summed E-state index contributed by atoms with van der Waals surface area (Å²) in [6.07, 6.45) is 0. The SMILES string of the molecule is NC(=O)c1cccc(OCC(=O)Nc2ccccc2)c1. The van der Waals surface area contributed by atoms with E-state index >= 15 is 0 Å². The van der Waals surface area contributed by atoms with Crippen LogP contribution in [-0.4, -0.2) is 18.4 Å². The van der Waals surface area contributed by atoms with Crippen LogP contribution in [0.1, 0.15) is 10.4 Å². The van der Waals surface area contributed by atoms with Crippen LogP contribution in [0.4, 0.5) is 5.69 Å². The largest absolute Gasteiger partial charge is 0.484 e. The minimum atomic E-state index is -0.538. The Morgan fingerprint density at radius 3 is 2.50 bits per heavy atom. The van der Waals surface area contributed by atoms with Gasteiger partial charge in [-0.2, -0.15) is 0 Å². The van der Waals surface area contributed by atoms with Gasteiger partial charge in [-0.15, -0.1) is 0 Å². The molecule has 20 heavy (non-hydrogen) atoms. The van der Waals surface area contributed by atoms with Gasteiger partial charge >= 0.3 is 0 Å². The zero-order valence-corrected chi connectivity index (χ0v) is 10.7. The van der Waals surface area contributed by atoms with E-state index in [1.165, 1.54) is 6.07 Å². The van der Waals surface area contributed by atoms with Gasteiger partial charge in [0.1, 0.15) is 5.75 Å². The summed E-state index contributed by atoms with van der Waals surface area (Å²) in [6.45, 7) is -0.142. The average Bonchev–Trinajstić information content (AvgIpc) is 2.46. The first-order valence-corrected chi connectivity index (χ1v) is 6.03. The quantitative estimate of drug-likeness (QED) is 0.869. The van der Waals surface area contributed by atoms with Gasteiger partial charge in [-0.3, -0.25) is 9.59 Å². The van der Waals surface area contributed by atoms with Crippen LogP contribution in [0.5, 0.6) is 5.75 Å². The minimum Gasteiger partial charge on any atom is -0.484 e. The average molecular weight is 270 g/mol. The Balaban J connectivity index is 1.90. The highest BCUT2D eigenvalue weighted by Gasteiger charge is 2.05. The molecule has 0 saturated carbocycles. The van der Waals surface area contributed by atoms with Crippen molar-refractivity contribution >= 4 is 17.5 Å². The second-order valence-corrected chi connectivity index (χ2v) is 4.09. The lowest BCUT2D eigenvalue weighted by Crippen LogP contribution is -2.20. The molecule has 0 aliphatic heterocycles. The molecule has 2 aromatic rings. The third kappa shape index (κ3) is 3.84. The lowest BCUT2D eigenvalue weighted by molar-refractivity contribution is -0.118. The van der Waals surface area contributed by atoms with Gasteiger partial charge in [0, 0.05) is 11.3 Å². The van der Waals surface area contributed by atoms with E-state index in [-0.39, 0.29) is 12.5 Å². The molecule has 0 bridgehead atoms. The molecule has 0 atom stereocenters.